The van der Waals surface area contributed by atoms with Crippen LogP contribution in [0.4, 0.5) is 5.69 Å². The number of nitrogens with two attached hydrogens (primary N) is 1. The van der Waals surface area contributed by atoms with Crippen LogP contribution in [0.1, 0.15) is 45.7 Å². The van der Waals surface area contributed by atoms with Crippen molar-refractivity contribution < 1.29 is 9.59 Å². The highest BCUT2D eigenvalue weighted by Crippen LogP contribution is 2.18. The summed E-state index contributed by atoms with van der Waals surface area (Å²) in [5.41, 5.74) is 9.25. The van der Waals surface area contributed by atoms with Gasteiger partial charge in [-0.3, -0.25) is 9.59 Å². The lowest BCUT2D eigenvalue weighted by atomic mass is 10.1. The Hall–Kier alpha value is -2.37. The van der Waals surface area contributed by atoms with E-state index in [1.807, 2.05) is 39.0 Å². The molecule has 0 aromatic heterocycles. The van der Waals surface area contributed by atoms with Crippen LogP contribution >= 0.6 is 12.4 Å². The van der Waals surface area contributed by atoms with Gasteiger partial charge >= 0.3 is 0 Å². The van der Waals surface area contributed by atoms with Crippen LogP contribution in [0.3, 0.4) is 0 Å². The first-order valence-electron chi connectivity index (χ1n) is 8.42. The van der Waals surface area contributed by atoms with Crippen molar-refractivity contribution in [3.63, 3.8) is 0 Å². The maximum absolute atomic E-state index is 12.5. The van der Waals surface area contributed by atoms with Crippen LogP contribution in [-0.4, -0.2) is 24.4 Å². The van der Waals surface area contributed by atoms with E-state index < -0.39 is 0 Å². The normalized spacial score (nSPS) is 10.2. The molecule has 0 spiro atoms. The summed E-state index contributed by atoms with van der Waals surface area (Å²) in [6.45, 7) is 6.28. The standard InChI is InChI=1S/C20H25N3O2.ClH/c1-13(2)22-20(25)17-7-4-14(3)18(12-17)23-19(24)16-8-5-15(6-9-16)10-11-21;/h4-9,12-13H,10-11,21H2,1-3H3,(H,22,25)(H,23,24);1H. The lowest BCUT2D eigenvalue weighted by molar-refractivity contribution is 0.0941. The predicted octanol–water partition coefficient (Wildman–Crippen LogP) is 3.31. The molecule has 0 saturated heterocycles. The Morgan fingerprint density at radius 1 is 1.00 bits per heavy atom. The van der Waals surface area contributed by atoms with E-state index >= 15 is 0 Å². The first-order chi connectivity index (χ1) is 11.9. The molecule has 6 heteroatoms. The molecule has 140 valence electrons. The molecule has 2 rings (SSSR count). The zero-order valence-electron chi connectivity index (χ0n) is 15.3. The van der Waals surface area contributed by atoms with Crippen LogP contribution in [-0.2, 0) is 6.42 Å². The van der Waals surface area contributed by atoms with Crippen molar-refractivity contribution >= 4 is 29.9 Å². The molecule has 0 saturated carbocycles. The van der Waals surface area contributed by atoms with Crippen molar-refractivity contribution in [2.75, 3.05) is 11.9 Å². The number of anilines is 1. The number of nitrogens with one attached hydrogen (secondary N) is 2. The van der Waals surface area contributed by atoms with Gasteiger partial charge in [-0.2, -0.15) is 0 Å². The second-order valence-electron chi connectivity index (χ2n) is 6.35. The molecule has 26 heavy (non-hydrogen) atoms. The maximum atomic E-state index is 12.5. The highest BCUT2D eigenvalue weighted by atomic mass is 35.5. The van der Waals surface area contributed by atoms with Gasteiger partial charge in [0, 0.05) is 22.9 Å². The van der Waals surface area contributed by atoms with Crippen molar-refractivity contribution in [3.05, 3.63) is 64.7 Å². The number of hydrogen-bond acceptors (Lipinski definition) is 3. The third kappa shape index (κ3) is 5.86. The third-order valence-corrected chi connectivity index (χ3v) is 3.82. The van der Waals surface area contributed by atoms with Gasteiger partial charge in [-0.05, 0) is 69.1 Å². The van der Waals surface area contributed by atoms with Crippen LogP contribution in [0.15, 0.2) is 42.5 Å². The number of benzene rings is 2. The lowest BCUT2D eigenvalue weighted by Gasteiger charge is -2.12. The summed E-state index contributed by atoms with van der Waals surface area (Å²) in [6, 6.07) is 12.7. The van der Waals surface area contributed by atoms with Gasteiger partial charge in [-0.1, -0.05) is 18.2 Å². The molecule has 0 aliphatic heterocycles. The van der Waals surface area contributed by atoms with E-state index in [2.05, 4.69) is 10.6 Å². The zero-order valence-corrected chi connectivity index (χ0v) is 16.2. The largest absolute Gasteiger partial charge is 0.350 e. The molecule has 0 fully saturated rings. The van der Waals surface area contributed by atoms with Crippen LogP contribution in [0, 0.1) is 6.92 Å². The second-order valence-corrected chi connectivity index (χ2v) is 6.35. The van der Waals surface area contributed by atoms with Crippen molar-refractivity contribution in [3.8, 4) is 0 Å². The maximum Gasteiger partial charge on any atom is 0.255 e. The molecule has 4 N–H and O–H groups in total. The van der Waals surface area contributed by atoms with Gasteiger partial charge in [0.1, 0.15) is 0 Å². The Kier molecular flexibility index (Phi) is 8.29. The number of rotatable bonds is 6. The van der Waals surface area contributed by atoms with E-state index in [0.29, 0.717) is 23.4 Å². The summed E-state index contributed by atoms with van der Waals surface area (Å²) >= 11 is 0. The Morgan fingerprint density at radius 3 is 2.19 bits per heavy atom. The third-order valence-electron chi connectivity index (χ3n) is 3.82. The second kappa shape index (κ2) is 9.94. The van der Waals surface area contributed by atoms with Gasteiger partial charge in [0.2, 0.25) is 0 Å². The minimum atomic E-state index is -0.205. The Morgan fingerprint density at radius 2 is 1.62 bits per heavy atom. The molecule has 0 heterocycles. The lowest BCUT2D eigenvalue weighted by Crippen LogP contribution is -2.30. The number of amides is 2. The van der Waals surface area contributed by atoms with E-state index in [1.54, 1.807) is 24.3 Å². The number of aryl methyl sites for hydroxylation is 1. The van der Waals surface area contributed by atoms with Crippen LogP contribution < -0.4 is 16.4 Å². The summed E-state index contributed by atoms with van der Waals surface area (Å²) < 4.78 is 0. The fourth-order valence-corrected chi connectivity index (χ4v) is 2.43. The van der Waals surface area contributed by atoms with Crippen molar-refractivity contribution in [2.45, 2.75) is 33.2 Å². The van der Waals surface area contributed by atoms with Gasteiger partial charge in [-0.25, -0.2) is 0 Å². The average molecular weight is 376 g/mol. The first-order valence-corrected chi connectivity index (χ1v) is 8.42. The molecular weight excluding hydrogens is 350 g/mol. The smallest absolute Gasteiger partial charge is 0.255 e. The van der Waals surface area contributed by atoms with E-state index in [9.17, 15) is 9.59 Å². The minimum absolute atomic E-state index is 0. The van der Waals surface area contributed by atoms with E-state index in [4.69, 9.17) is 5.73 Å². The van der Waals surface area contributed by atoms with Crippen LogP contribution in [0.5, 0.6) is 0 Å². The average Bonchev–Trinajstić information content (AvgIpc) is 2.57. The summed E-state index contributed by atoms with van der Waals surface area (Å²) in [7, 11) is 0. The van der Waals surface area contributed by atoms with E-state index in [1.165, 1.54) is 0 Å². The van der Waals surface area contributed by atoms with E-state index in [0.717, 1.165) is 17.5 Å². The molecule has 0 aliphatic carbocycles. The molecule has 0 radical (unpaired) electrons. The molecular formula is C20H26ClN3O2. The fraction of sp³-hybridized carbons (Fsp3) is 0.300. The molecule has 2 aromatic carbocycles. The van der Waals surface area contributed by atoms with Gasteiger partial charge in [-0.15, -0.1) is 12.4 Å². The summed E-state index contributed by atoms with van der Waals surface area (Å²) in [5, 5.41) is 5.73. The molecule has 0 unspecified atom stereocenters. The number of hydrogen-bond donors (Lipinski definition) is 3. The summed E-state index contributed by atoms with van der Waals surface area (Å²) in [6.07, 6.45) is 0.786. The number of halogens is 1. The highest BCUT2D eigenvalue weighted by Gasteiger charge is 2.12. The van der Waals surface area contributed by atoms with Crippen LogP contribution in [0.25, 0.3) is 0 Å². The highest BCUT2D eigenvalue weighted by molar-refractivity contribution is 6.05. The number of carbonyl (C=O) groups excluding carboxylic acids is 2. The quantitative estimate of drug-likeness (QED) is 0.724. The minimum Gasteiger partial charge on any atom is -0.350 e. The first kappa shape index (κ1) is 21.7. The van der Waals surface area contributed by atoms with Gasteiger partial charge < -0.3 is 16.4 Å². The Labute approximate surface area is 160 Å². The Bertz CT molecular complexity index is 758. The van der Waals surface area contributed by atoms with Crippen molar-refractivity contribution in [2.24, 2.45) is 5.73 Å². The fourth-order valence-electron chi connectivity index (χ4n) is 2.43. The number of carbonyl (C=O) groups is 2. The Balaban J connectivity index is 0.00000338. The van der Waals surface area contributed by atoms with E-state index in [-0.39, 0.29) is 30.3 Å². The van der Waals surface area contributed by atoms with Crippen molar-refractivity contribution in [1.82, 2.24) is 5.32 Å². The topological polar surface area (TPSA) is 84.2 Å². The van der Waals surface area contributed by atoms with Crippen LogP contribution in [0.2, 0.25) is 0 Å². The van der Waals surface area contributed by atoms with Gasteiger partial charge in [0.15, 0.2) is 0 Å². The summed E-state index contributed by atoms with van der Waals surface area (Å²) in [5.74, 6) is -0.361. The molecule has 0 bridgehead atoms. The molecule has 0 atom stereocenters. The summed E-state index contributed by atoms with van der Waals surface area (Å²) in [4.78, 5) is 24.6. The predicted molar refractivity (Wildman–Crippen MR) is 108 cm³/mol. The molecule has 5 nitrogen and oxygen atoms in total. The van der Waals surface area contributed by atoms with Gasteiger partial charge in [0.25, 0.3) is 11.8 Å². The SMILES string of the molecule is Cc1ccc(C(=O)NC(C)C)cc1NC(=O)c1ccc(CCN)cc1.Cl. The molecule has 2 aromatic rings. The molecule has 2 amide bonds. The van der Waals surface area contributed by atoms with Crippen molar-refractivity contribution in [1.29, 1.82) is 0 Å². The monoisotopic (exact) mass is 375 g/mol. The van der Waals surface area contributed by atoms with Gasteiger partial charge in [0.05, 0.1) is 0 Å². The zero-order chi connectivity index (χ0) is 18.4. The molecule has 0 aliphatic rings.